The second-order valence-electron chi connectivity index (χ2n) is 2.89. The summed E-state index contributed by atoms with van der Waals surface area (Å²) in [5.41, 5.74) is -0.00347. The summed E-state index contributed by atoms with van der Waals surface area (Å²) in [5.74, 6) is 0. The van der Waals surface area contributed by atoms with Crippen LogP contribution in [0.15, 0.2) is 6.33 Å². The van der Waals surface area contributed by atoms with Gasteiger partial charge in [0.05, 0.1) is 5.54 Å². The highest BCUT2D eigenvalue weighted by molar-refractivity contribution is 4.67. The van der Waals surface area contributed by atoms with Crippen molar-refractivity contribution in [1.82, 2.24) is 20.2 Å². The Labute approximate surface area is 60.2 Å². The van der Waals surface area contributed by atoms with Crippen LogP contribution in [-0.4, -0.2) is 20.2 Å². The zero-order chi connectivity index (χ0) is 7.61. The molecule has 0 spiro atoms. The van der Waals surface area contributed by atoms with Crippen molar-refractivity contribution in [2.24, 2.45) is 0 Å². The fourth-order valence-electron chi connectivity index (χ4n) is 0.586. The molecule has 0 saturated heterocycles. The molecule has 0 radical (unpaired) electrons. The van der Waals surface area contributed by atoms with Gasteiger partial charge in [0.2, 0.25) is 0 Å². The predicted molar refractivity (Wildman–Crippen MR) is 37.4 cm³/mol. The molecule has 0 aliphatic carbocycles. The first kappa shape index (κ1) is 7.18. The van der Waals surface area contributed by atoms with E-state index in [9.17, 15) is 0 Å². The van der Waals surface area contributed by atoms with Crippen molar-refractivity contribution in [3.05, 3.63) is 6.33 Å². The van der Waals surface area contributed by atoms with Crippen LogP contribution in [0.25, 0.3) is 0 Å². The van der Waals surface area contributed by atoms with Crippen LogP contribution < -0.4 is 0 Å². The first-order valence-electron chi connectivity index (χ1n) is 3.40. The molecule has 0 saturated carbocycles. The molecule has 0 unspecified atom stereocenters. The molecule has 0 atom stereocenters. The number of aromatic nitrogens is 4. The van der Waals surface area contributed by atoms with Gasteiger partial charge >= 0.3 is 0 Å². The molecule has 0 amide bonds. The van der Waals surface area contributed by atoms with Crippen molar-refractivity contribution < 1.29 is 0 Å². The minimum Gasteiger partial charge on any atom is -0.159 e. The van der Waals surface area contributed by atoms with Crippen LogP contribution >= 0.6 is 0 Å². The first-order chi connectivity index (χ1) is 4.67. The average molecular weight is 140 g/mol. The topological polar surface area (TPSA) is 43.6 Å². The van der Waals surface area contributed by atoms with Crippen molar-refractivity contribution in [3.63, 3.8) is 0 Å². The first-order valence-corrected chi connectivity index (χ1v) is 3.40. The molecule has 1 aromatic rings. The van der Waals surface area contributed by atoms with Crippen molar-refractivity contribution in [3.8, 4) is 0 Å². The minimum atomic E-state index is -0.00347. The third kappa shape index (κ3) is 1.15. The molecular weight excluding hydrogens is 128 g/mol. The maximum atomic E-state index is 3.95. The number of rotatable bonds is 2. The summed E-state index contributed by atoms with van der Waals surface area (Å²) in [4.78, 5) is 1.63. The van der Waals surface area contributed by atoms with E-state index in [4.69, 9.17) is 0 Å². The summed E-state index contributed by atoms with van der Waals surface area (Å²) < 4.78 is 0. The number of hydrogen-bond donors (Lipinski definition) is 0. The van der Waals surface area contributed by atoms with Gasteiger partial charge in [-0.1, -0.05) is 6.92 Å². The molecule has 0 N–H and O–H groups in total. The lowest BCUT2D eigenvalue weighted by atomic mass is 10.0. The maximum Gasteiger partial charge on any atom is 0.162 e. The lowest BCUT2D eigenvalue weighted by molar-refractivity contribution is 0.266. The Balaban J connectivity index is 2.85. The highest BCUT2D eigenvalue weighted by Crippen LogP contribution is 2.14. The van der Waals surface area contributed by atoms with Gasteiger partial charge < -0.3 is 0 Å². The number of hydrogen-bond acceptors (Lipinski definition) is 3. The van der Waals surface area contributed by atoms with E-state index >= 15 is 0 Å². The highest BCUT2D eigenvalue weighted by atomic mass is 15.6. The van der Waals surface area contributed by atoms with Crippen LogP contribution in [0, 0.1) is 0 Å². The Kier molecular flexibility index (Phi) is 1.70. The average Bonchev–Trinajstić information content (AvgIpc) is 2.38. The molecule has 0 bridgehead atoms. The van der Waals surface area contributed by atoms with Gasteiger partial charge in [-0.05, 0) is 25.5 Å². The van der Waals surface area contributed by atoms with E-state index in [0.29, 0.717) is 0 Å². The maximum absolute atomic E-state index is 3.95. The molecule has 1 heterocycles. The number of nitrogens with zero attached hydrogens (tertiary/aromatic N) is 4. The van der Waals surface area contributed by atoms with Gasteiger partial charge in [-0.25, -0.2) is 0 Å². The Bertz CT molecular complexity index is 190. The van der Waals surface area contributed by atoms with Gasteiger partial charge in [-0.2, -0.15) is 4.80 Å². The molecule has 4 nitrogen and oxygen atoms in total. The Morgan fingerprint density at radius 3 is 2.60 bits per heavy atom. The molecule has 0 aliphatic heterocycles. The largest absolute Gasteiger partial charge is 0.162 e. The summed E-state index contributed by atoms with van der Waals surface area (Å²) in [5, 5.41) is 11.4. The highest BCUT2D eigenvalue weighted by Gasteiger charge is 2.18. The summed E-state index contributed by atoms with van der Waals surface area (Å²) in [6.07, 6.45) is 2.46. The molecule has 0 fully saturated rings. The fourth-order valence-corrected chi connectivity index (χ4v) is 0.586. The van der Waals surface area contributed by atoms with Crippen molar-refractivity contribution in [2.45, 2.75) is 32.7 Å². The van der Waals surface area contributed by atoms with Gasteiger partial charge in [0.15, 0.2) is 6.33 Å². The predicted octanol–water partition coefficient (Wildman–Crippen LogP) is 0.818. The van der Waals surface area contributed by atoms with Gasteiger partial charge in [0.25, 0.3) is 0 Å². The van der Waals surface area contributed by atoms with E-state index in [1.807, 2.05) is 0 Å². The molecule has 10 heavy (non-hydrogen) atoms. The summed E-state index contributed by atoms with van der Waals surface area (Å²) in [6, 6.07) is 0. The second-order valence-corrected chi connectivity index (χ2v) is 2.89. The molecule has 0 aliphatic rings. The SMILES string of the molecule is CCC(C)(C)n1ncnn1. The van der Waals surface area contributed by atoms with Gasteiger partial charge in [-0.3, -0.25) is 0 Å². The Hall–Kier alpha value is -0.930. The smallest absolute Gasteiger partial charge is 0.159 e. The van der Waals surface area contributed by atoms with Crippen LogP contribution in [0.4, 0.5) is 0 Å². The van der Waals surface area contributed by atoms with Crippen LogP contribution in [0.2, 0.25) is 0 Å². The Morgan fingerprint density at radius 2 is 2.20 bits per heavy atom. The number of tetrazole rings is 1. The summed E-state index contributed by atoms with van der Waals surface area (Å²) in [7, 11) is 0. The van der Waals surface area contributed by atoms with Crippen molar-refractivity contribution in [1.29, 1.82) is 0 Å². The van der Waals surface area contributed by atoms with E-state index in [1.54, 1.807) is 4.80 Å². The van der Waals surface area contributed by atoms with Gasteiger partial charge in [0.1, 0.15) is 0 Å². The van der Waals surface area contributed by atoms with E-state index in [1.165, 1.54) is 6.33 Å². The normalized spacial score (nSPS) is 11.9. The van der Waals surface area contributed by atoms with Crippen molar-refractivity contribution in [2.75, 3.05) is 0 Å². The Morgan fingerprint density at radius 1 is 1.50 bits per heavy atom. The lowest BCUT2D eigenvalue weighted by Gasteiger charge is -2.19. The van der Waals surface area contributed by atoms with E-state index < -0.39 is 0 Å². The van der Waals surface area contributed by atoms with Gasteiger partial charge in [0, 0.05) is 0 Å². The lowest BCUT2D eigenvalue weighted by Crippen LogP contribution is -2.27. The molecule has 0 aromatic carbocycles. The standard InChI is InChI=1S/C6H12N4/c1-4-6(2,3)10-8-5-7-9-10/h5H,4H2,1-3H3. The van der Waals surface area contributed by atoms with Gasteiger partial charge in [-0.15, -0.1) is 10.2 Å². The van der Waals surface area contributed by atoms with E-state index in [0.717, 1.165) is 6.42 Å². The summed E-state index contributed by atoms with van der Waals surface area (Å²) in [6.45, 7) is 6.26. The molecule has 56 valence electrons. The monoisotopic (exact) mass is 140 g/mol. The van der Waals surface area contributed by atoms with Crippen LogP contribution in [0.5, 0.6) is 0 Å². The van der Waals surface area contributed by atoms with Crippen molar-refractivity contribution >= 4 is 0 Å². The van der Waals surface area contributed by atoms with E-state index in [2.05, 4.69) is 36.2 Å². The molecular formula is C6H12N4. The van der Waals surface area contributed by atoms with Crippen LogP contribution in [-0.2, 0) is 5.54 Å². The summed E-state index contributed by atoms with van der Waals surface area (Å²) >= 11 is 0. The quantitative estimate of drug-likeness (QED) is 0.610. The minimum absolute atomic E-state index is 0.00347. The van der Waals surface area contributed by atoms with Crippen LogP contribution in [0.1, 0.15) is 27.2 Å². The molecule has 1 rings (SSSR count). The third-order valence-electron chi connectivity index (χ3n) is 1.76. The second kappa shape index (κ2) is 2.36. The zero-order valence-electron chi connectivity index (χ0n) is 6.57. The molecule has 1 aromatic heterocycles. The van der Waals surface area contributed by atoms with E-state index in [-0.39, 0.29) is 5.54 Å². The third-order valence-corrected chi connectivity index (χ3v) is 1.76. The fraction of sp³-hybridized carbons (Fsp3) is 0.833. The zero-order valence-corrected chi connectivity index (χ0v) is 6.57. The molecule has 4 heteroatoms. The van der Waals surface area contributed by atoms with Crippen LogP contribution in [0.3, 0.4) is 0 Å².